The van der Waals surface area contributed by atoms with Crippen molar-refractivity contribution in [2.45, 2.75) is 76.0 Å². The van der Waals surface area contributed by atoms with Crippen molar-refractivity contribution in [3.8, 4) is 11.3 Å². The van der Waals surface area contributed by atoms with Crippen molar-refractivity contribution >= 4 is 70.0 Å². The van der Waals surface area contributed by atoms with E-state index < -0.39 is 17.6 Å². The molecule has 5 aromatic rings. The van der Waals surface area contributed by atoms with Crippen molar-refractivity contribution < 1.29 is 51.4 Å². The Bertz CT molecular complexity index is 2890. The number of pyridine rings is 3. The Morgan fingerprint density at radius 1 is 0.895 bits per heavy atom. The lowest BCUT2D eigenvalue weighted by Gasteiger charge is -2.46. The van der Waals surface area contributed by atoms with Gasteiger partial charge in [-0.25, -0.2) is 19.7 Å². The first-order chi connectivity index (χ1) is 36.7. The van der Waals surface area contributed by atoms with Gasteiger partial charge in [0.2, 0.25) is 17.7 Å². The van der Waals surface area contributed by atoms with Gasteiger partial charge in [-0.05, 0) is 62.1 Å². The number of benzene rings is 1. The second-order valence-electron chi connectivity index (χ2n) is 18.6. The van der Waals surface area contributed by atoms with E-state index in [1.54, 1.807) is 40.3 Å². The summed E-state index contributed by atoms with van der Waals surface area (Å²) >= 11 is 0. The third-order valence-corrected chi connectivity index (χ3v) is 13.2. The molecule has 2 aliphatic heterocycles. The first-order valence-corrected chi connectivity index (χ1v) is 25.3. The summed E-state index contributed by atoms with van der Waals surface area (Å²) < 4.78 is 50.8. The van der Waals surface area contributed by atoms with Crippen LogP contribution in [0.5, 0.6) is 0 Å². The van der Waals surface area contributed by atoms with E-state index in [-0.39, 0.29) is 111 Å². The summed E-state index contributed by atoms with van der Waals surface area (Å²) in [4.78, 5) is 93.6. The molecule has 0 radical (unpaired) electrons. The summed E-state index contributed by atoms with van der Waals surface area (Å²) in [6.07, 6.45) is 9.80. The van der Waals surface area contributed by atoms with E-state index in [1.165, 1.54) is 18.3 Å². The van der Waals surface area contributed by atoms with Gasteiger partial charge in [0.1, 0.15) is 23.0 Å². The van der Waals surface area contributed by atoms with Gasteiger partial charge in [0.25, 0.3) is 11.8 Å². The van der Waals surface area contributed by atoms with Crippen molar-refractivity contribution in [1.29, 1.82) is 0 Å². The molecule has 0 atom stereocenters. The molecule has 3 aliphatic rings. The highest BCUT2D eigenvalue weighted by molar-refractivity contribution is 6.06. The number of unbranched alkanes of at least 4 members (excludes halogenated alkanes) is 1. The van der Waals surface area contributed by atoms with Crippen molar-refractivity contribution in [3.05, 3.63) is 95.5 Å². The maximum atomic E-state index is 13.5. The van der Waals surface area contributed by atoms with Crippen LogP contribution >= 0.6 is 0 Å². The number of aromatic amines is 1. The molecular formula is C52H60F3N13O8. The average molecular weight is 1050 g/mol. The number of amides is 7. The maximum absolute atomic E-state index is 13.5. The standard InChI is InChI=1S/C52H60F3N13O8/c53-52(54,55)37-16-19-57-40(27-37)62-50(73)34-12-10-33(11-13-34)46-45-47(65-64-46)35(28-60-48(45)56)7-3-2-6-21-66(32-43(70)61-38-8-4-1-5-9-38)44(71)18-23-75-25-26-76-24-20-58-49(72)36-14-15-41(59-29-36)67-30-39(31-67)68-22-17-42(69)63-51(68)74/h3,7,10-16,19,27-29,38-39H,1-2,4-6,8-9,17-18,20-26,30-32H2,(H2,56,60)(H,58,72)(H,61,70)(H,64,65)(H,57,62,73)(H,63,69,74)/b7-3+. The van der Waals surface area contributed by atoms with Crippen LogP contribution in [0.2, 0.25) is 0 Å². The predicted octanol–water partition coefficient (Wildman–Crippen LogP) is 5.32. The number of aromatic nitrogens is 5. The molecule has 0 spiro atoms. The number of allylic oxidation sites excluding steroid dienone is 1. The van der Waals surface area contributed by atoms with Crippen LogP contribution in [0.3, 0.4) is 0 Å². The number of carbonyl (C=O) groups excluding carboxylic acids is 6. The molecule has 1 aromatic carbocycles. The molecule has 24 heteroatoms. The zero-order chi connectivity index (χ0) is 53.6. The molecule has 2 saturated heterocycles. The molecule has 7 N–H and O–H groups in total. The first kappa shape index (κ1) is 54.3. The number of hydrogen-bond acceptors (Lipinski definition) is 14. The Morgan fingerprint density at radius 3 is 2.39 bits per heavy atom. The van der Waals surface area contributed by atoms with Gasteiger partial charge in [0.05, 0.1) is 67.6 Å². The van der Waals surface area contributed by atoms with E-state index in [2.05, 4.69) is 46.4 Å². The number of urea groups is 1. The summed E-state index contributed by atoms with van der Waals surface area (Å²) in [5, 5.41) is 18.7. The molecule has 21 nitrogen and oxygen atoms in total. The number of nitrogens with one attached hydrogen (secondary N) is 5. The number of hydrogen-bond donors (Lipinski definition) is 6. The predicted molar refractivity (Wildman–Crippen MR) is 274 cm³/mol. The van der Waals surface area contributed by atoms with Crippen LogP contribution < -0.4 is 31.9 Å². The lowest BCUT2D eigenvalue weighted by Crippen LogP contribution is -2.65. The molecule has 0 bridgehead atoms. The molecule has 402 valence electrons. The zero-order valence-corrected chi connectivity index (χ0v) is 41.7. The van der Waals surface area contributed by atoms with Crippen molar-refractivity contribution in [3.63, 3.8) is 0 Å². The number of alkyl halides is 3. The Labute approximate surface area is 435 Å². The highest BCUT2D eigenvalue weighted by Gasteiger charge is 2.38. The van der Waals surface area contributed by atoms with E-state index in [4.69, 9.17) is 15.2 Å². The quantitative estimate of drug-likeness (QED) is 0.0452. The van der Waals surface area contributed by atoms with Gasteiger partial charge < -0.3 is 45.9 Å². The van der Waals surface area contributed by atoms with Crippen LogP contribution in [0, 0.1) is 0 Å². The molecule has 3 fully saturated rings. The number of imide groups is 1. The first-order valence-electron chi connectivity index (χ1n) is 25.3. The molecule has 8 rings (SSSR count). The molecule has 1 aliphatic carbocycles. The minimum Gasteiger partial charge on any atom is -0.383 e. The second-order valence-corrected chi connectivity index (χ2v) is 18.6. The van der Waals surface area contributed by atoms with Gasteiger partial charge in [0.15, 0.2) is 0 Å². The SMILES string of the molecule is Nc1ncc(/C=C/CCCN(CC(=O)NC2CCCCC2)C(=O)CCOCCOCCNC(=O)c2ccc(N3CC(N4CCC(=O)NC4=O)C3)nc2)c2n[nH]c(-c3ccc(C(=O)Nc4cc(C(F)(F)F)ccn4)cc3)c12. The molecule has 4 aromatic heterocycles. The Morgan fingerprint density at radius 2 is 1.66 bits per heavy atom. The fourth-order valence-corrected chi connectivity index (χ4v) is 9.09. The van der Waals surface area contributed by atoms with Crippen LogP contribution in [0.25, 0.3) is 28.2 Å². The van der Waals surface area contributed by atoms with Crippen LogP contribution in [0.1, 0.15) is 89.6 Å². The van der Waals surface area contributed by atoms with Gasteiger partial charge >= 0.3 is 12.2 Å². The minimum absolute atomic E-state index is 0.0104. The van der Waals surface area contributed by atoms with Crippen LogP contribution in [0.15, 0.2) is 73.2 Å². The number of nitrogens with zero attached hydrogens (tertiary/aromatic N) is 7. The fraction of sp³-hybridized carbons (Fsp3) is 0.423. The Hall–Kier alpha value is -7.99. The normalized spacial score (nSPS) is 15.4. The zero-order valence-electron chi connectivity index (χ0n) is 41.7. The minimum atomic E-state index is -4.59. The number of fused-ring (bicyclic) bond motifs is 1. The summed E-state index contributed by atoms with van der Waals surface area (Å²) in [6, 6.07) is 11.1. The Kier molecular flexibility index (Phi) is 18.2. The maximum Gasteiger partial charge on any atom is 0.416 e. The molecule has 76 heavy (non-hydrogen) atoms. The third-order valence-electron chi connectivity index (χ3n) is 13.2. The summed E-state index contributed by atoms with van der Waals surface area (Å²) in [5.74, 6) is -0.967. The topological polar surface area (TPSA) is 272 Å². The lowest BCUT2D eigenvalue weighted by molar-refractivity contribution is -0.137. The van der Waals surface area contributed by atoms with Crippen LogP contribution in [0.4, 0.5) is 35.4 Å². The number of anilines is 3. The number of nitrogen functional groups attached to an aromatic ring is 1. The van der Waals surface area contributed by atoms with Gasteiger partial charge in [-0.3, -0.25) is 34.4 Å². The molecule has 1 saturated carbocycles. The number of H-pyrrole nitrogens is 1. The molecular weight excluding hydrogens is 992 g/mol. The summed E-state index contributed by atoms with van der Waals surface area (Å²) in [7, 11) is 0. The number of halogens is 3. The number of ether oxygens (including phenoxy) is 2. The fourth-order valence-electron chi connectivity index (χ4n) is 9.09. The molecule has 7 amide bonds. The lowest BCUT2D eigenvalue weighted by atomic mass is 9.95. The largest absolute Gasteiger partial charge is 0.416 e. The molecule has 6 heterocycles. The monoisotopic (exact) mass is 1050 g/mol. The van der Waals surface area contributed by atoms with Gasteiger partial charge in [-0.2, -0.15) is 18.3 Å². The van der Waals surface area contributed by atoms with E-state index in [0.29, 0.717) is 78.1 Å². The second kappa shape index (κ2) is 25.5. The highest BCUT2D eigenvalue weighted by Crippen LogP contribution is 2.33. The van der Waals surface area contributed by atoms with Crippen molar-refractivity contribution in [2.24, 2.45) is 0 Å². The highest BCUT2D eigenvalue weighted by atomic mass is 19.4. The number of rotatable bonds is 23. The van der Waals surface area contributed by atoms with Gasteiger partial charge in [-0.15, -0.1) is 0 Å². The smallest absolute Gasteiger partial charge is 0.383 e. The van der Waals surface area contributed by atoms with E-state index in [1.807, 2.05) is 17.1 Å². The summed E-state index contributed by atoms with van der Waals surface area (Å²) in [5.41, 5.74) is 8.37. The molecule has 0 unspecified atom stereocenters. The van der Waals surface area contributed by atoms with Crippen LogP contribution in [-0.4, -0.2) is 148 Å². The van der Waals surface area contributed by atoms with Gasteiger partial charge in [0, 0.05) is 80.5 Å². The van der Waals surface area contributed by atoms with E-state index in [9.17, 15) is 41.9 Å². The average Bonchev–Trinajstić information content (AvgIpc) is 3.89. The number of carbonyl (C=O) groups is 6. The summed E-state index contributed by atoms with van der Waals surface area (Å²) in [6.45, 7) is 2.89. The van der Waals surface area contributed by atoms with Crippen molar-refractivity contribution in [2.75, 3.05) is 81.6 Å². The Balaban J connectivity index is 0.755. The van der Waals surface area contributed by atoms with Crippen LogP contribution in [-0.2, 0) is 30.0 Å². The number of nitrogens with two attached hydrogens (primary N) is 1. The van der Waals surface area contributed by atoms with Crippen molar-refractivity contribution in [1.82, 2.24) is 50.9 Å². The van der Waals surface area contributed by atoms with Gasteiger partial charge in [-0.1, -0.05) is 43.5 Å². The van der Waals surface area contributed by atoms with E-state index in [0.717, 1.165) is 50.4 Å². The third kappa shape index (κ3) is 14.4. The van der Waals surface area contributed by atoms with E-state index >= 15 is 0 Å².